The lowest BCUT2D eigenvalue weighted by Gasteiger charge is -2.05. The molecule has 3 heteroatoms. The summed E-state index contributed by atoms with van der Waals surface area (Å²) >= 11 is 0. The molecule has 0 aliphatic heterocycles. The second kappa shape index (κ2) is 4.84. The van der Waals surface area contributed by atoms with Crippen molar-refractivity contribution in [3.63, 3.8) is 0 Å². The van der Waals surface area contributed by atoms with Crippen molar-refractivity contribution in [1.29, 1.82) is 0 Å². The molecule has 0 fully saturated rings. The van der Waals surface area contributed by atoms with E-state index in [1.54, 1.807) is 0 Å². The van der Waals surface area contributed by atoms with Crippen LogP contribution in [0, 0.1) is 6.92 Å². The van der Waals surface area contributed by atoms with Crippen LogP contribution >= 0.6 is 0 Å². The lowest BCUT2D eigenvalue weighted by Crippen LogP contribution is -2.00. The van der Waals surface area contributed by atoms with Crippen LogP contribution in [0.25, 0.3) is 0 Å². The molecule has 1 heterocycles. The maximum Gasteiger partial charge on any atom is 0.105 e. The van der Waals surface area contributed by atoms with Crippen molar-refractivity contribution in [3.05, 3.63) is 48.0 Å². The van der Waals surface area contributed by atoms with Gasteiger partial charge in [0.2, 0.25) is 0 Å². The van der Waals surface area contributed by atoms with Crippen molar-refractivity contribution >= 4 is 5.69 Å². The quantitative estimate of drug-likeness (QED) is 0.796. The summed E-state index contributed by atoms with van der Waals surface area (Å²) < 4.78 is 2.18. The predicted octanol–water partition coefficient (Wildman–Crippen LogP) is 2.41. The topological polar surface area (TPSA) is 43.8 Å². The fourth-order valence-corrected chi connectivity index (χ4v) is 1.78. The molecular weight excluding hydrogens is 198 g/mol. The zero-order chi connectivity index (χ0) is 11.4. The first kappa shape index (κ1) is 10.7. The van der Waals surface area contributed by atoms with E-state index < -0.39 is 0 Å². The summed E-state index contributed by atoms with van der Waals surface area (Å²) in [6, 6.07) is 8.10. The Labute approximate surface area is 95.9 Å². The molecule has 1 aromatic heterocycles. The minimum absolute atomic E-state index is 0.828. The van der Waals surface area contributed by atoms with Gasteiger partial charge in [-0.3, -0.25) is 0 Å². The Morgan fingerprint density at radius 2 is 2.00 bits per heavy atom. The minimum Gasteiger partial charge on any atom is -0.399 e. The van der Waals surface area contributed by atoms with Gasteiger partial charge in [-0.05, 0) is 37.5 Å². The molecule has 84 valence electrons. The molecule has 0 aliphatic rings. The van der Waals surface area contributed by atoms with Gasteiger partial charge in [0.25, 0.3) is 0 Å². The van der Waals surface area contributed by atoms with E-state index in [2.05, 4.69) is 21.7 Å². The van der Waals surface area contributed by atoms with Gasteiger partial charge in [0.1, 0.15) is 5.82 Å². The highest BCUT2D eigenvalue weighted by Crippen LogP contribution is 2.08. The zero-order valence-electron chi connectivity index (χ0n) is 9.56. The Balaban J connectivity index is 1.84. The smallest absolute Gasteiger partial charge is 0.105 e. The number of hydrogen-bond donors (Lipinski definition) is 1. The summed E-state index contributed by atoms with van der Waals surface area (Å²) in [4.78, 5) is 4.20. The Kier molecular flexibility index (Phi) is 3.25. The molecule has 3 nitrogen and oxygen atoms in total. The summed E-state index contributed by atoms with van der Waals surface area (Å²) in [5.74, 6) is 1.08. The molecule has 1 aromatic carbocycles. The van der Waals surface area contributed by atoms with Crippen molar-refractivity contribution < 1.29 is 0 Å². The Morgan fingerprint density at radius 3 is 2.62 bits per heavy atom. The standard InChI is InChI=1S/C13H17N3/c1-11-15-8-10-16(11)9-2-3-12-4-6-13(14)7-5-12/h4-8,10H,2-3,9,14H2,1H3. The van der Waals surface area contributed by atoms with E-state index in [1.165, 1.54) is 5.56 Å². The largest absolute Gasteiger partial charge is 0.399 e. The number of imidazole rings is 1. The van der Waals surface area contributed by atoms with Crippen LogP contribution in [0.15, 0.2) is 36.7 Å². The Bertz CT molecular complexity index is 442. The van der Waals surface area contributed by atoms with Crippen molar-refractivity contribution in [3.8, 4) is 0 Å². The van der Waals surface area contributed by atoms with Gasteiger partial charge in [0, 0.05) is 24.6 Å². The Hall–Kier alpha value is -1.77. The van der Waals surface area contributed by atoms with Gasteiger partial charge < -0.3 is 10.3 Å². The van der Waals surface area contributed by atoms with Crippen LogP contribution < -0.4 is 5.73 Å². The highest BCUT2D eigenvalue weighted by Gasteiger charge is 1.97. The van der Waals surface area contributed by atoms with E-state index in [1.807, 2.05) is 31.5 Å². The molecule has 0 aliphatic carbocycles. The van der Waals surface area contributed by atoms with Gasteiger partial charge in [-0.2, -0.15) is 0 Å². The molecule has 0 saturated carbocycles. The third-order valence-corrected chi connectivity index (χ3v) is 2.77. The molecule has 0 unspecified atom stereocenters. The first-order valence-electron chi connectivity index (χ1n) is 5.58. The lowest BCUT2D eigenvalue weighted by molar-refractivity contribution is 0.626. The van der Waals surface area contributed by atoms with Crippen LogP contribution in [-0.4, -0.2) is 9.55 Å². The summed E-state index contributed by atoms with van der Waals surface area (Å²) in [6.07, 6.45) is 6.08. The van der Waals surface area contributed by atoms with E-state index in [-0.39, 0.29) is 0 Å². The molecule has 0 amide bonds. The van der Waals surface area contributed by atoms with Gasteiger partial charge in [0.15, 0.2) is 0 Å². The maximum atomic E-state index is 5.64. The number of nitrogen functional groups attached to an aromatic ring is 1. The van der Waals surface area contributed by atoms with E-state index >= 15 is 0 Å². The van der Waals surface area contributed by atoms with Gasteiger partial charge in [-0.15, -0.1) is 0 Å². The molecule has 16 heavy (non-hydrogen) atoms. The van der Waals surface area contributed by atoms with Crippen LogP contribution in [0.4, 0.5) is 5.69 Å². The second-order valence-electron chi connectivity index (χ2n) is 4.01. The van der Waals surface area contributed by atoms with E-state index in [4.69, 9.17) is 5.73 Å². The molecule has 0 bridgehead atoms. The second-order valence-corrected chi connectivity index (χ2v) is 4.01. The summed E-state index contributed by atoms with van der Waals surface area (Å²) in [6.45, 7) is 3.05. The van der Waals surface area contributed by atoms with Gasteiger partial charge in [-0.1, -0.05) is 12.1 Å². The van der Waals surface area contributed by atoms with Gasteiger partial charge >= 0.3 is 0 Å². The van der Waals surface area contributed by atoms with Crippen LogP contribution in [0.2, 0.25) is 0 Å². The molecule has 2 N–H and O–H groups in total. The minimum atomic E-state index is 0.828. The maximum absolute atomic E-state index is 5.64. The van der Waals surface area contributed by atoms with Crippen molar-refractivity contribution in [2.75, 3.05) is 5.73 Å². The third kappa shape index (κ3) is 2.63. The average molecular weight is 215 g/mol. The first-order chi connectivity index (χ1) is 7.75. The number of aryl methyl sites for hydroxylation is 3. The summed E-state index contributed by atoms with van der Waals surface area (Å²) in [5.41, 5.74) is 7.81. The number of hydrogen-bond acceptors (Lipinski definition) is 2. The van der Waals surface area contributed by atoms with Crippen molar-refractivity contribution in [2.45, 2.75) is 26.3 Å². The van der Waals surface area contributed by atoms with E-state index in [9.17, 15) is 0 Å². The molecule has 2 aromatic rings. The number of aromatic nitrogens is 2. The molecule has 2 rings (SSSR count). The van der Waals surface area contributed by atoms with Crippen LogP contribution in [0.5, 0.6) is 0 Å². The van der Waals surface area contributed by atoms with Crippen LogP contribution in [0.1, 0.15) is 17.8 Å². The van der Waals surface area contributed by atoms with Crippen LogP contribution in [-0.2, 0) is 13.0 Å². The fourth-order valence-electron chi connectivity index (χ4n) is 1.78. The molecule has 0 radical (unpaired) electrons. The summed E-state index contributed by atoms with van der Waals surface area (Å²) in [5, 5.41) is 0. The van der Waals surface area contributed by atoms with Crippen molar-refractivity contribution in [2.24, 2.45) is 0 Å². The normalized spacial score (nSPS) is 10.6. The number of nitrogens with two attached hydrogens (primary N) is 1. The predicted molar refractivity (Wildman–Crippen MR) is 66.1 cm³/mol. The van der Waals surface area contributed by atoms with Gasteiger partial charge in [-0.25, -0.2) is 4.98 Å². The van der Waals surface area contributed by atoms with Crippen molar-refractivity contribution in [1.82, 2.24) is 9.55 Å². The monoisotopic (exact) mass is 215 g/mol. The zero-order valence-corrected chi connectivity index (χ0v) is 9.56. The van der Waals surface area contributed by atoms with E-state index in [0.717, 1.165) is 30.9 Å². The number of rotatable bonds is 4. The molecule has 0 atom stereocenters. The number of nitrogens with zero attached hydrogens (tertiary/aromatic N) is 2. The van der Waals surface area contributed by atoms with Gasteiger partial charge in [0.05, 0.1) is 0 Å². The third-order valence-electron chi connectivity index (χ3n) is 2.77. The average Bonchev–Trinajstić information content (AvgIpc) is 2.68. The molecule has 0 spiro atoms. The number of benzene rings is 1. The Morgan fingerprint density at radius 1 is 1.25 bits per heavy atom. The highest BCUT2D eigenvalue weighted by atomic mass is 15.0. The number of anilines is 1. The lowest BCUT2D eigenvalue weighted by atomic mass is 10.1. The first-order valence-corrected chi connectivity index (χ1v) is 5.58. The highest BCUT2D eigenvalue weighted by molar-refractivity contribution is 5.39. The summed E-state index contributed by atoms with van der Waals surface area (Å²) in [7, 11) is 0. The molecule has 0 saturated heterocycles. The SMILES string of the molecule is Cc1nccn1CCCc1ccc(N)cc1. The fraction of sp³-hybridized carbons (Fsp3) is 0.308. The van der Waals surface area contributed by atoms with Crippen LogP contribution in [0.3, 0.4) is 0 Å². The van der Waals surface area contributed by atoms with E-state index in [0.29, 0.717) is 0 Å². The molecular formula is C13H17N3.